The normalized spacial score (nSPS) is 21.5. The molecule has 7 nitrogen and oxygen atoms in total. The maximum Gasteiger partial charge on any atom is 0.329 e. The molecule has 1 fully saturated rings. The molecule has 0 amide bonds. The Morgan fingerprint density at radius 3 is 2.38 bits per heavy atom. The number of ether oxygens (including phenoxy) is 4. The monoisotopic (exact) mass is 592 g/mol. The van der Waals surface area contributed by atoms with Crippen LogP contribution in [0.3, 0.4) is 0 Å². The van der Waals surface area contributed by atoms with E-state index in [0.29, 0.717) is 28.9 Å². The summed E-state index contributed by atoms with van der Waals surface area (Å²) < 4.78 is 23.7. The van der Waals surface area contributed by atoms with Crippen LogP contribution >= 0.6 is 11.6 Å². The summed E-state index contributed by atoms with van der Waals surface area (Å²) in [6.07, 6.45) is 4.04. The highest BCUT2D eigenvalue weighted by atomic mass is 35.5. The number of carboxylic acids is 1. The van der Waals surface area contributed by atoms with E-state index in [0.717, 1.165) is 59.9 Å². The van der Waals surface area contributed by atoms with Crippen LogP contribution in [-0.4, -0.2) is 43.8 Å². The summed E-state index contributed by atoms with van der Waals surface area (Å²) in [5.41, 5.74) is 4.69. The Kier molecular flexibility index (Phi) is 9.83. The van der Waals surface area contributed by atoms with E-state index in [4.69, 9.17) is 35.7 Å². The van der Waals surface area contributed by atoms with Crippen molar-refractivity contribution in [3.63, 3.8) is 0 Å². The molecule has 0 bridgehead atoms. The number of aliphatic carboxylic acids is 1. The molecule has 2 atom stereocenters. The molecule has 2 aliphatic rings. The standard InChI is InChI=1S/C34H37ClO7/c1-39-30-9-5-8-28(34(30)40-2)33-29-18-22(35)13-17-26(29)25-6-3-4-7-27(25)31(42-33)19-23(36)14-10-21-11-15-24(16-12-21)41-20-32(37)38/h3-9,13,17-18,21,24,31,33H,10-12,14-16,19-20H2,1-2H3,(H,37,38). The Balaban J connectivity index is 1.37. The first-order chi connectivity index (χ1) is 20.4. The molecule has 3 aromatic rings. The minimum atomic E-state index is -0.941. The number of rotatable bonds is 11. The average molecular weight is 593 g/mol. The molecule has 2 unspecified atom stereocenters. The van der Waals surface area contributed by atoms with Gasteiger partial charge in [-0.05, 0) is 78.5 Å². The van der Waals surface area contributed by atoms with Gasteiger partial charge in [-0.25, -0.2) is 4.79 Å². The van der Waals surface area contributed by atoms with E-state index in [1.807, 2.05) is 54.6 Å². The van der Waals surface area contributed by atoms with E-state index >= 15 is 0 Å². The van der Waals surface area contributed by atoms with Crippen molar-refractivity contribution in [1.82, 2.24) is 0 Å². The number of hydrogen-bond acceptors (Lipinski definition) is 6. The first kappa shape index (κ1) is 30.1. The molecule has 222 valence electrons. The molecule has 0 saturated heterocycles. The zero-order chi connectivity index (χ0) is 29.6. The van der Waals surface area contributed by atoms with Crippen molar-refractivity contribution in [3.8, 4) is 22.6 Å². The lowest BCUT2D eigenvalue weighted by atomic mass is 9.83. The van der Waals surface area contributed by atoms with Gasteiger partial charge in [0.15, 0.2) is 11.5 Å². The minimum Gasteiger partial charge on any atom is -0.493 e. The zero-order valence-corrected chi connectivity index (χ0v) is 24.8. The summed E-state index contributed by atoms with van der Waals surface area (Å²) in [5.74, 6) is 0.818. The molecule has 1 aliphatic carbocycles. The van der Waals surface area contributed by atoms with Crippen LogP contribution in [0.25, 0.3) is 11.1 Å². The van der Waals surface area contributed by atoms with Crippen molar-refractivity contribution in [1.29, 1.82) is 0 Å². The first-order valence-corrected chi connectivity index (χ1v) is 14.9. The Bertz CT molecular complexity index is 1410. The van der Waals surface area contributed by atoms with Crippen LogP contribution in [0.4, 0.5) is 0 Å². The van der Waals surface area contributed by atoms with E-state index in [1.54, 1.807) is 14.2 Å². The molecule has 0 aromatic heterocycles. The van der Waals surface area contributed by atoms with Crippen LogP contribution in [0, 0.1) is 5.92 Å². The number of Topliss-reactive ketones (excluding diaryl/α,β-unsaturated/α-hetero) is 1. The first-order valence-electron chi connectivity index (χ1n) is 14.5. The number of fused-ring (bicyclic) bond motifs is 3. The summed E-state index contributed by atoms with van der Waals surface area (Å²) in [7, 11) is 3.21. The third kappa shape index (κ3) is 6.80. The third-order valence-electron chi connectivity index (χ3n) is 8.39. The maximum atomic E-state index is 13.5. The van der Waals surface area contributed by atoms with Crippen molar-refractivity contribution in [3.05, 3.63) is 82.4 Å². The summed E-state index contributed by atoms with van der Waals surface area (Å²) in [5, 5.41) is 9.46. The van der Waals surface area contributed by atoms with Gasteiger partial charge in [-0.15, -0.1) is 0 Å². The molecule has 1 N–H and O–H groups in total. The summed E-state index contributed by atoms with van der Waals surface area (Å²) in [4.78, 5) is 24.3. The molecule has 42 heavy (non-hydrogen) atoms. The number of para-hydroxylation sites is 1. The van der Waals surface area contributed by atoms with E-state index < -0.39 is 18.2 Å². The van der Waals surface area contributed by atoms with Crippen LogP contribution in [0.2, 0.25) is 5.02 Å². The van der Waals surface area contributed by atoms with Crippen molar-refractivity contribution in [2.24, 2.45) is 5.92 Å². The molecule has 8 heteroatoms. The van der Waals surface area contributed by atoms with Gasteiger partial charge in [-0.3, -0.25) is 4.79 Å². The minimum absolute atomic E-state index is 0.00962. The zero-order valence-electron chi connectivity index (χ0n) is 24.0. The second kappa shape index (κ2) is 13.7. The molecule has 0 spiro atoms. The molecule has 1 saturated carbocycles. The Morgan fingerprint density at radius 1 is 0.905 bits per heavy atom. The second-order valence-electron chi connectivity index (χ2n) is 11.0. The average Bonchev–Trinajstić information content (AvgIpc) is 3.13. The van der Waals surface area contributed by atoms with Crippen LogP contribution in [0.1, 0.15) is 73.8 Å². The number of carbonyl (C=O) groups is 2. The van der Waals surface area contributed by atoms with Gasteiger partial charge in [0.25, 0.3) is 0 Å². The number of carboxylic acid groups (broad SMARTS) is 1. The molecule has 5 rings (SSSR count). The van der Waals surface area contributed by atoms with Crippen molar-refractivity contribution >= 4 is 23.4 Å². The lowest BCUT2D eigenvalue weighted by Gasteiger charge is -2.28. The van der Waals surface area contributed by atoms with Gasteiger partial charge < -0.3 is 24.1 Å². The Hall–Kier alpha value is -3.39. The van der Waals surface area contributed by atoms with Gasteiger partial charge >= 0.3 is 5.97 Å². The highest BCUT2D eigenvalue weighted by Crippen LogP contribution is 2.49. The molecular formula is C34H37ClO7. The number of methoxy groups -OCH3 is 2. The predicted molar refractivity (Wildman–Crippen MR) is 160 cm³/mol. The number of halogens is 1. The molecule has 1 aliphatic heterocycles. The summed E-state index contributed by atoms with van der Waals surface area (Å²) >= 11 is 6.52. The fourth-order valence-electron chi connectivity index (χ4n) is 6.30. The van der Waals surface area contributed by atoms with E-state index in [2.05, 4.69) is 6.07 Å². The quantitative estimate of drug-likeness (QED) is 0.245. The highest BCUT2D eigenvalue weighted by molar-refractivity contribution is 6.30. The second-order valence-corrected chi connectivity index (χ2v) is 11.5. The topological polar surface area (TPSA) is 91.3 Å². The molecular weight excluding hydrogens is 556 g/mol. The smallest absolute Gasteiger partial charge is 0.329 e. The molecule has 3 aromatic carbocycles. The lowest BCUT2D eigenvalue weighted by molar-refractivity contribution is -0.145. The van der Waals surface area contributed by atoms with E-state index in [-0.39, 0.29) is 24.9 Å². The highest BCUT2D eigenvalue weighted by Gasteiger charge is 2.34. The van der Waals surface area contributed by atoms with Gasteiger partial charge in [0, 0.05) is 23.4 Å². The maximum absolute atomic E-state index is 13.5. The number of ketones is 1. The van der Waals surface area contributed by atoms with Crippen molar-refractivity contribution in [2.45, 2.75) is 63.3 Å². The third-order valence-corrected chi connectivity index (χ3v) is 8.63. The predicted octanol–water partition coefficient (Wildman–Crippen LogP) is 7.58. The SMILES string of the molecule is COc1cccc(C2OC(CC(=O)CCC3CCC(OCC(=O)O)CC3)c3ccccc3-c3ccc(Cl)cc32)c1OC. The van der Waals surface area contributed by atoms with E-state index in [1.165, 1.54) is 0 Å². The number of carbonyl (C=O) groups excluding carboxylic acids is 1. The van der Waals surface area contributed by atoms with Crippen molar-refractivity contribution < 1.29 is 33.6 Å². The van der Waals surface area contributed by atoms with Crippen LogP contribution in [0.15, 0.2) is 60.7 Å². The Morgan fingerprint density at radius 2 is 1.64 bits per heavy atom. The fraction of sp³-hybridized carbons (Fsp3) is 0.412. The van der Waals surface area contributed by atoms with Crippen molar-refractivity contribution in [2.75, 3.05) is 20.8 Å². The molecule has 0 radical (unpaired) electrons. The van der Waals surface area contributed by atoms with Crippen LogP contribution < -0.4 is 9.47 Å². The van der Waals surface area contributed by atoms with Gasteiger partial charge in [0.05, 0.1) is 26.4 Å². The van der Waals surface area contributed by atoms with Gasteiger partial charge in [-0.2, -0.15) is 0 Å². The van der Waals surface area contributed by atoms with Crippen LogP contribution in [0.5, 0.6) is 11.5 Å². The van der Waals surface area contributed by atoms with Gasteiger partial charge in [0.2, 0.25) is 0 Å². The largest absolute Gasteiger partial charge is 0.493 e. The summed E-state index contributed by atoms with van der Waals surface area (Å²) in [6, 6.07) is 19.6. The van der Waals surface area contributed by atoms with E-state index in [9.17, 15) is 9.59 Å². The number of benzene rings is 3. The number of hydrogen-bond donors (Lipinski definition) is 1. The molecule has 1 heterocycles. The van der Waals surface area contributed by atoms with Gasteiger partial charge in [-0.1, -0.05) is 54.1 Å². The lowest BCUT2D eigenvalue weighted by Crippen LogP contribution is -2.24. The summed E-state index contributed by atoms with van der Waals surface area (Å²) in [6.45, 7) is -0.255. The Labute approximate surface area is 251 Å². The van der Waals surface area contributed by atoms with Crippen LogP contribution in [-0.2, 0) is 19.1 Å². The fourth-order valence-corrected chi connectivity index (χ4v) is 6.48. The van der Waals surface area contributed by atoms with Gasteiger partial charge in [0.1, 0.15) is 18.5 Å².